The van der Waals surface area contributed by atoms with Gasteiger partial charge in [0.25, 0.3) is 0 Å². The highest BCUT2D eigenvalue weighted by atomic mass is 15.3. The van der Waals surface area contributed by atoms with Gasteiger partial charge in [0.15, 0.2) is 0 Å². The largest absolute Gasteiger partial charge is 0.329 e. The van der Waals surface area contributed by atoms with Crippen molar-refractivity contribution in [3.05, 3.63) is 0 Å². The first-order valence-corrected chi connectivity index (χ1v) is 15.4. The van der Waals surface area contributed by atoms with Crippen molar-refractivity contribution in [3.8, 4) is 0 Å². The summed E-state index contributed by atoms with van der Waals surface area (Å²) in [6.07, 6.45) is 0. The third kappa shape index (κ3) is 21.2. The molecule has 0 aromatic carbocycles. The fourth-order valence-corrected chi connectivity index (χ4v) is 4.45. The lowest BCUT2D eigenvalue weighted by atomic mass is 10.1. The minimum absolute atomic E-state index is 0.0674. The first-order valence-electron chi connectivity index (χ1n) is 15.4. The van der Waals surface area contributed by atoms with Gasteiger partial charge in [-0.2, -0.15) is 0 Å². The molecule has 0 bridgehead atoms. The number of nitrogens with two attached hydrogens (primary N) is 6. The van der Waals surface area contributed by atoms with E-state index in [1.54, 1.807) is 0 Å². The van der Waals surface area contributed by atoms with Gasteiger partial charge in [0.2, 0.25) is 0 Å². The Morgan fingerprint density at radius 2 is 0.900 bits per heavy atom. The average Bonchev–Trinajstić information content (AvgIpc) is 2.90. The van der Waals surface area contributed by atoms with Gasteiger partial charge in [-0.15, -0.1) is 0 Å². The van der Waals surface area contributed by atoms with E-state index in [1.807, 2.05) is 13.8 Å². The molecule has 0 atom stereocenters. The Hall–Kier alpha value is -0.520. The summed E-state index contributed by atoms with van der Waals surface area (Å²) in [6, 6.07) is 0. The van der Waals surface area contributed by atoms with E-state index in [0.717, 1.165) is 105 Å². The first-order chi connectivity index (χ1) is 19.0. The summed E-state index contributed by atoms with van der Waals surface area (Å²) in [4.78, 5) is 9.66. The van der Waals surface area contributed by atoms with E-state index in [-0.39, 0.29) is 11.2 Å². The first kappa shape index (κ1) is 39.5. The number of rotatable bonds is 29. The predicted molar refractivity (Wildman–Crippen MR) is 172 cm³/mol. The van der Waals surface area contributed by atoms with Gasteiger partial charge < -0.3 is 50.4 Å². The molecule has 40 heavy (non-hydrogen) atoms. The third-order valence-corrected chi connectivity index (χ3v) is 7.20. The van der Waals surface area contributed by atoms with E-state index in [2.05, 4.69) is 49.4 Å². The molecule has 0 aromatic rings. The minimum atomic E-state index is -0.372. The van der Waals surface area contributed by atoms with Crippen LogP contribution in [-0.2, 0) is 0 Å². The molecule has 15 N–H and O–H groups in total. The monoisotopic (exact) mass is 576 g/mol. The van der Waals surface area contributed by atoms with Crippen LogP contribution in [0.2, 0.25) is 0 Å². The molecule has 0 rings (SSSR count). The standard InChI is InChI=1S/C27H69N13/c1-26(2,25-32)36-13-19-39(23-21-37(14-6-29)15-7-30)24-22-38(17-10-34-9-5-28)18-11-35-12-20-40(16-8-31)27(3,4)33/h34-36H,5-25,28-33H2,1-4H3. The second-order valence-electron chi connectivity index (χ2n) is 11.8. The van der Waals surface area contributed by atoms with Crippen LogP contribution in [-0.4, -0.2) is 168 Å². The molecular weight excluding hydrogens is 506 g/mol. The molecule has 0 aliphatic carbocycles. The zero-order valence-electron chi connectivity index (χ0n) is 26.6. The molecule has 0 saturated carbocycles. The Morgan fingerprint density at radius 1 is 0.475 bits per heavy atom. The molecule has 0 aromatic heterocycles. The molecule has 13 heteroatoms. The van der Waals surface area contributed by atoms with Gasteiger partial charge in [0, 0.05) is 143 Å². The zero-order valence-corrected chi connectivity index (χ0v) is 26.6. The highest BCUT2D eigenvalue weighted by Crippen LogP contribution is 2.05. The quantitative estimate of drug-likeness (QED) is 0.0311. The maximum atomic E-state index is 6.31. The van der Waals surface area contributed by atoms with Gasteiger partial charge in [-0.1, -0.05) is 0 Å². The lowest BCUT2D eigenvalue weighted by Gasteiger charge is -2.35. The fourth-order valence-electron chi connectivity index (χ4n) is 4.45. The van der Waals surface area contributed by atoms with E-state index in [1.165, 1.54) is 0 Å². The highest BCUT2D eigenvalue weighted by Gasteiger charge is 2.20. The third-order valence-electron chi connectivity index (χ3n) is 7.20. The number of hydrogen-bond acceptors (Lipinski definition) is 13. The summed E-state index contributed by atoms with van der Waals surface area (Å²) in [7, 11) is 0. The molecule has 0 fully saturated rings. The summed E-state index contributed by atoms with van der Waals surface area (Å²) < 4.78 is 0. The van der Waals surface area contributed by atoms with Crippen molar-refractivity contribution in [2.75, 3.05) is 137 Å². The van der Waals surface area contributed by atoms with Gasteiger partial charge in [-0.3, -0.25) is 19.6 Å². The SMILES string of the molecule is CC(C)(CN)NCCN(CCN(CCN)CCN)CCN(CCNCCN)CCNCCN(CCN)C(C)(C)N. The van der Waals surface area contributed by atoms with Crippen molar-refractivity contribution in [1.82, 2.24) is 35.6 Å². The summed E-state index contributed by atoms with van der Waals surface area (Å²) >= 11 is 0. The topological polar surface area (TPSA) is 205 Å². The molecule has 0 amide bonds. The summed E-state index contributed by atoms with van der Waals surface area (Å²) in [5.74, 6) is 0. The minimum Gasteiger partial charge on any atom is -0.329 e. The Kier molecular flexibility index (Phi) is 23.7. The second-order valence-corrected chi connectivity index (χ2v) is 11.8. The van der Waals surface area contributed by atoms with Gasteiger partial charge in [-0.25, -0.2) is 0 Å². The fraction of sp³-hybridized carbons (Fsp3) is 1.00. The van der Waals surface area contributed by atoms with Crippen LogP contribution in [0.4, 0.5) is 0 Å². The maximum absolute atomic E-state index is 6.31. The van der Waals surface area contributed by atoms with Crippen LogP contribution in [0.5, 0.6) is 0 Å². The van der Waals surface area contributed by atoms with Crippen LogP contribution in [0.15, 0.2) is 0 Å². The molecule has 13 nitrogen and oxygen atoms in total. The van der Waals surface area contributed by atoms with E-state index in [0.29, 0.717) is 32.7 Å². The second kappa shape index (κ2) is 24.0. The molecule has 0 radical (unpaired) electrons. The zero-order chi connectivity index (χ0) is 30.3. The molecule has 0 spiro atoms. The number of nitrogens with one attached hydrogen (secondary N) is 3. The molecule has 0 aliphatic rings. The molecule has 0 heterocycles. The molecule has 0 aliphatic heterocycles. The van der Waals surface area contributed by atoms with Gasteiger partial charge in [0.05, 0.1) is 5.66 Å². The van der Waals surface area contributed by atoms with Crippen LogP contribution in [0.1, 0.15) is 27.7 Å². The van der Waals surface area contributed by atoms with Crippen LogP contribution < -0.4 is 50.4 Å². The van der Waals surface area contributed by atoms with E-state index >= 15 is 0 Å². The smallest absolute Gasteiger partial charge is 0.0630 e. The highest BCUT2D eigenvalue weighted by molar-refractivity contribution is 4.79. The molecule has 0 unspecified atom stereocenters. The van der Waals surface area contributed by atoms with Crippen molar-refractivity contribution in [3.63, 3.8) is 0 Å². The Bertz CT molecular complexity index is 553. The van der Waals surface area contributed by atoms with Crippen LogP contribution in [0.3, 0.4) is 0 Å². The summed E-state index contributed by atoms with van der Waals surface area (Å²) in [5.41, 5.74) is 34.9. The summed E-state index contributed by atoms with van der Waals surface area (Å²) in [6.45, 7) is 26.3. The van der Waals surface area contributed by atoms with Crippen molar-refractivity contribution in [2.45, 2.75) is 38.9 Å². The Morgan fingerprint density at radius 3 is 1.35 bits per heavy atom. The molecular formula is C27H69N13. The van der Waals surface area contributed by atoms with E-state index in [9.17, 15) is 0 Å². The van der Waals surface area contributed by atoms with E-state index < -0.39 is 0 Å². The van der Waals surface area contributed by atoms with Crippen molar-refractivity contribution >= 4 is 0 Å². The summed E-state index contributed by atoms with van der Waals surface area (Å²) in [5, 5.41) is 10.6. The lowest BCUT2D eigenvalue weighted by Crippen LogP contribution is -2.54. The van der Waals surface area contributed by atoms with Crippen molar-refractivity contribution in [2.24, 2.45) is 34.4 Å². The van der Waals surface area contributed by atoms with Gasteiger partial charge in [0.1, 0.15) is 0 Å². The van der Waals surface area contributed by atoms with E-state index in [4.69, 9.17) is 34.4 Å². The van der Waals surface area contributed by atoms with Crippen molar-refractivity contribution in [1.29, 1.82) is 0 Å². The normalized spacial score (nSPS) is 13.1. The van der Waals surface area contributed by atoms with Gasteiger partial charge >= 0.3 is 0 Å². The van der Waals surface area contributed by atoms with Gasteiger partial charge in [-0.05, 0) is 27.7 Å². The predicted octanol–water partition coefficient (Wildman–Crippen LogP) is -3.77. The number of nitrogens with zero attached hydrogens (tertiary/aromatic N) is 4. The molecule has 0 saturated heterocycles. The van der Waals surface area contributed by atoms with Crippen LogP contribution in [0, 0.1) is 0 Å². The number of hydrogen-bond donors (Lipinski definition) is 9. The molecule has 242 valence electrons. The maximum Gasteiger partial charge on any atom is 0.0630 e. The van der Waals surface area contributed by atoms with Crippen LogP contribution >= 0.6 is 0 Å². The average molecular weight is 576 g/mol. The van der Waals surface area contributed by atoms with Crippen molar-refractivity contribution < 1.29 is 0 Å². The van der Waals surface area contributed by atoms with Crippen LogP contribution in [0.25, 0.3) is 0 Å². The Balaban J connectivity index is 5.01. The lowest BCUT2D eigenvalue weighted by molar-refractivity contribution is 0.130. The Labute approximate surface area is 246 Å².